The van der Waals surface area contributed by atoms with Gasteiger partial charge in [0.25, 0.3) is 0 Å². The van der Waals surface area contributed by atoms with Crippen LogP contribution in [0, 0.1) is 0 Å². The number of fused-ring (bicyclic) bond motifs is 1. The molecular formula is C15H14BrN5O3. The number of carbonyl (C=O) groups is 2. The van der Waals surface area contributed by atoms with Crippen LogP contribution in [0.5, 0.6) is 0 Å². The van der Waals surface area contributed by atoms with E-state index in [-0.39, 0.29) is 18.7 Å². The molecule has 8 nitrogen and oxygen atoms in total. The molecule has 9 heteroatoms. The van der Waals surface area contributed by atoms with E-state index in [2.05, 4.69) is 36.2 Å². The Hall–Kier alpha value is -2.55. The van der Waals surface area contributed by atoms with Crippen LogP contribution < -0.4 is 5.32 Å². The van der Waals surface area contributed by atoms with Crippen LogP contribution in [-0.4, -0.2) is 50.9 Å². The zero-order valence-electron chi connectivity index (χ0n) is 12.6. The molecule has 1 aliphatic heterocycles. The molecule has 1 amide bonds. The molecule has 0 spiro atoms. The number of nitrogens with one attached hydrogen (secondary N) is 1. The molecule has 1 aromatic heterocycles. The van der Waals surface area contributed by atoms with Crippen molar-refractivity contribution in [2.24, 2.45) is 4.99 Å². The number of aliphatic carboxylic acids is 1. The maximum Gasteiger partial charge on any atom is 0.303 e. The monoisotopic (exact) mass is 391 g/mol. The first-order valence-electron chi connectivity index (χ1n) is 7.29. The predicted octanol–water partition coefficient (Wildman–Crippen LogP) is 1.87. The third-order valence-electron chi connectivity index (χ3n) is 3.52. The first kappa shape index (κ1) is 16.3. The first-order valence-corrected chi connectivity index (χ1v) is 8.08. The number of aromatic nitrogens is 2. The highest BCUT2D eigenvalue weighted by Gasteiger charge is 2.24. The number of rotatable bonds is 4. The van der Waals surface area contributed by atoms with Crippen molar-refractivity contribution in [3.8, 4) is 0 Å². The molecule has 2 N–H and O–H groups in total. The van der Waals surface area contributed by atoms with Gasteiger partial charge in [0.05, 0.1) is 28.6 Å². The van der Waals surface area contributed by atoms with E-state index in [1.807, 2.05) is 12.1 Å². The molecule has 24 heavy (non-hydrogen) atoms. The molecule has 3 rings (SSSR count). The molecule has 0 saturated carbocycles. The Morgan fingerprint density at radius 2 is 2.04 bits per heavy atom. The summed E-state index contributed by atoms with van der Waals surface area (Å²) in [6.07, 6.45) is 2.97. The fraction of sp³-hybridized carbons (Fsp3) is 0.267. The van der Waals surface area contributed by atoms with Crippen LogP contribution >= 0.6 is 15.9 Å². The third kappa shape index (κ3) is 3.35. The molecule has 0 aliphatic carbocycles. The number of hydrogen-bond donors (Lipinski definition) is 2. The predicted molar refractivity (Wildman–Crippen MR) is 91.7 cm³/mol. The smallest absolute Gasteiger partial charge is 0.303 e. The first-order chi connectivity index (χ1) is 11.6. The highest BCUT2D eigenvalue weighted by molar-refractivity contribution is 9.10. The lowest BCUT2D eigenvalue weighted by Gasteiger charge is -2.19. The number of benzene rings is 1. The van der Waals surface area contributed by atoms with Crippen molar-refractivity contribution < 1.29 is 14.7 Å². The van der Waals surface area contributed by atoms with Crippen LogP contribution in [0.2, 0.25) is 0 Å². The SMILES string of the molecule is O=C(O)CCC(=O)N1CCN=C1Nc1ccc2nccnc2c1Br. The average Bonchev–Trinajstić information content (AvgIpc) is 3.03. The maximum absolute atomic E-state index is 12.2. The van der Waals surface area contributed by atoms with Crippen LogP contribution in [0.3, 0.4) is 0 Å². The number of amides is 1. The number of carboxylic acid groups (broad SMARTS) is 1. The molecule has 0 atom stereocenters. The fourth-order valence-corrected chi connectivity index (χ4v) is 2.90. The third-order valence-corrected chi connectivity index (χ3v) is 4.32. The molecule has 2 heterocycles. The van der Waals surface area contributed by atoms with Gasteiger partial charge in [-0.3, -0.25) is 29.4 Å². The van der Waals surface area contributed by atoms with Crippen molar-refractivity contribution in [2.45, 2.75) is 12.8 Å². The van der Waals surface area contributed by atoms with E-state index in [1.165, 1.54) is 4.90 Å². The molecule has 1 aromatic carbocycles. The summed E-state index contributed by atoms with van der Waals surface area (Å²) in [4.78, 5) is 37.0. The molecule has 0 bridgehead atoms. The summed E-state index contributed by atoms with van der Waals surface area (Å²) >= 11 is 3.49. The van der Waals surface area contributed by atoms with E-state index < -0.39 is 5.97 Å². The molecule has 124 valence electrons. The lowest BCUT2D eigenvalue weighted by molar-refractivity contribution is -0.139. The number of nitrogens with zero attached hydrogens (tertiary/aromatic N) is 4. The number of carboxylic acids is 1. The van der Waals surface area contributed by atoms with Crippen LogP contribution in [0.4, 0.5) is 5.69 Å². The number of hydrogen-bond acceptors (Lipinski definition) is 6. The number of guanidine groups is 1. The Morgan fingerprint density at radius 3 is 2.83 bits per heavy atom. The normalized spacial score (nSPS) is 13.9. The van der Waals surface area contributed by atoms with Gasteiger partial charge in [0.2, 0.25) is 11.9 Å². The molecular weight excluding hydrogens is 378 g/mol. The van der Waals surface area contributed by atoms with E-state index in [1.54, 1.807) is 12.4 Å². The lowest BCUT2D eigenvalue weighted by atomic mass is 10.2. The van der Waals surface area contributed by atoms with Gasteiger partial charge in [-0.25, -0.2) is 0 Å². The van der Waals surface area contributed by atoms with Gasteiger partial charge in [0, 0.05) is 25.4 Å². The van der Waals surface area contributed by atoms with Crippen molar-refractivity contribution in [1.29, 1.82) is 0 Å². The Bertz CT molecular complexity index is 839. The number of anilines is 1. The summed E-state index contributed by atoms with van der Waals surface area (Å²) in [6, 6.07) is 3.64. The van der Waals surface area contributed by atoms with Crippen LogP contribution in [-0.2, 0) is 9.59 Å². The van der Waals surface area contributed by atoms with Gasteiger partial charge in [0.1, 0.15) is 5.52 Å². The van der Waals surface area contributed by atoms with E-state index in [4.69, 9.17) is 5.11 Å². The number of aliphatic imine (C=N–C) groups is 1. The van der Waals surface area contributed by atoms with Gasteiger partial charge < -0.3 is 10.4 Å². The van der Waals surface area contributed by atoms with Crippen LogP contribution in [0.25, 0.3) is 11.0 Å². The molecule has 1 aliphatic rings. The van der Waals surface area contributed by atoms with Crippen LogP contribution in [0.15, 0.2) is 34.0 Å². The topological polar surface area (TPSA) is 108 Å². The number of halogens is 1. The second-order valence-corrected chi connectivity index (χ2v) is 5.91. The Balaban J connectivity index is 1.79. The molecule has 0 radical (unpaired) electrons. The second kappa shape index (κ2) is 6.91. The van der Waals surface area contributed by atoms with Crippen molar-refractivity contribution in [2.75, 3.05) is 18.4 Å². The Labute approximate surface area is 145 Å². The zero-order chi connectivity index (χ0) is 17.1. The minimum atomic E-state index is -0.996. The summed E-state index contributed by atoms with van der Waals surface area (Å²) in [5.74, 6) is -0.850. The lowest BCUT2D eigenvalue weighted by Crippen LogP contribution is -2.38. The minimum absolute atomic E-state index is 0.0552. The van der Waals surface area contributed by atoms with Gasteiger partial charge in [-0.15, -0.1) is 0 Å². The van der Waals surface area contributed by atoms with E-state index in [9.17, 15) is 9.59 Å². The fourth-order valence-electron chi connectivity index (χ4n) is 2.37. The number of carbonyl (C=O) groups excluding carboxylic acids is 1. The quantitative estimate of drug-likeness (QED) is 0.823. The summed E-state index contributed by atoms with van der Waals surface area (Å²) in [5, 5.41) is 11.8. The van der Waals surface area contributed by atoms with Crippen molar-refractivity contribution in [3.05, 3.63) is 29.0 Å². The minimum Gasteiger partial charge on any atom is -0.481 e. The Kier molecular flexibility index (Phi) is 4.70. The molecule has 2 aromatic rings. The zero-order valence-corrected chi connectivity index (χ0v) is 14.2. The van der Waals surface area contributed by atoms with E-state index in [0.717, 1.165) is 9.99 Å². The van der Waals surface area contributed by atoms with Gasteiger partial charge in [-0.1, -0.05) is 0 Å². The molecule has 0 fully saturated rings. The standard InChI is InChI=1S/C15H14BrN5O3/c16-13-9(1-2-10-14(13)18-6-5-17-10)20-15-19-7-8-21(15)11(22)3-4-12(23)24/h1-2,5-6H,3-4,7-8H2,(H,19,20)(H,23,24). The van der Waals surface area contributed by atoms with E-state index >= 15 is 0 Å². The second-order valence-electron chi connectivity index (χ2n) is 5.12. The summed E-state index contributed by atoms with van der Waals surface area (Å²) in [6.45, 7) is 0.915. The summed E-state index contributed by atoms with van der Waals surface area (Å²) in [5.41, 5.74) is 2.15. The van der Waals surface area contributed by atoms with Gasteiger partial charge >= 0.3 is 5.97 Å². The largest absolute Gasteiger partial charge is 0.481 e. The Morgan fingerprint density at radius 1 is 1.25 bits per heavy atom. The average molecular weight is 392 g/mol. The summed E-state index contributed by atoms with van der Waals surface area (Å²) in [7, 11) is 0. The van der Waals surface area contributed by atoms with Gasteiger partial charge in [0.15, 0.2) is 0 Å². The summed E-state index contributed by atoms with van der Waals surface area (Å²) < 4.78 is 0.723. The highest BCUT2D eigenvalue weighted by atomic mass is 79.9. The van der Waals surface area contributed by atoms with Gasteiger partial charge in [-0.2, -0.15) is 0 Å². The maximum atomic E-state index is 12.2. The highest BCUT2D eigenvalue weighted by Crippen LogP contribution is 2.29. The molecule has 0 unspecified atom stereocenters. The molecule has 0 saturated heterocycles. The van der Waals surface area contributed by atoms with E-state index in [0.29, 0.717) is 30.3 Å². The van der Waals surface area contributed by atoms with Crippen molar-refractivity contribution in [1.82, 2.24) is 14.9 Å². The van der Waals surface area contributed by atoms with Crippen molar-refractivity contribution >= 4 is 50.5 Å². The van der Waals surface area contributed by atoms with Crippen LogP contribution in [0.1, 0.15) is 12.8 Å². The van der Waals surface area contributed by atoms with Crippen molar-refractivity contribution in [3.63, 3.8) is 0 Å². The van der Waals surface area contributed by atoms with Gasteiger partial charge in [-0.05, 0) is 28.1 Å².